The summed E-state index contributed by atoms with van der Waals surface area (Å²) in [5.41, 5.74) is 0.879. The van der Waals surface area contributed by atoms with Gasteiger partial charge in [-0.05, 0) is 37.8 Å². The van der Waals surface area contributed by atoms with Crippen LogP contribution < -0.4 is 11.2 Å². The van der Waals surface area contributed by atoms with Crippen LogP contribution in [0, 0.1) is 6.92 Å². The van der Waals surface area contributed by atoms with Crippen molar-refractivity contribution in [2.24, 2.45) is 7.05 Å². The molecular weight excluding hydrogens is 320 g/mol. The molecule has 0 atom stereocenters. The number of hydrogen-bond donors (Lipinski definition) is 2. The summed E-state index contributed by atoms with van der Waals surface area (Å²) >= 11 is 0. The van der Waals surface area contributed by atoms with Crippen LogP contribution in [0.3, 0.4) is 0 Å². The first-order valence-electron chi connectivity index (χ1n) is 8.54. The molecule has 0 radical (unpaired) electrons. The molecule has 25 heavy (non-hydrogen) atoms. The van der Waals surface area contributed by atoms with Gasteiger partial charge in [0.25, 0.3) is 5.56 Å². The van der Waals surface area contributed by atoms with Crippen LogP contribution >= 0.6 is 0 Å². The molecule has 3 rings (SSSR count). The normalized spacial score (nSPS) is 17.6. The van der Waals surface area contributed by atoms with Gasteiger partial charge in [-0.3, -0.25) is 14.3 Å². The lowest BCUT2D eigenvalue weighted by Gasteiger charge is -2.37. The van der Waals surface area contributed by atoms with Gasteiger partial charge < -0.3 is 15.0 Å². The molecule has 0 amide bonds. The number of rotatable bonds is 4. The van der Waals surface area contributed by atoms with Gasteiger partial charge in [0.05, 0.1) is 5.69 Å². The van der Waals surface area contributed by atoms with E-state index in [1.165, 1.54) is 13.2 Å². The molecule has 3 heterocycles. The number of pyridine rings is 1. The van der Waals surface area contributed by atoms with Crippen LogP contribution in [0.2, 0.25) is 0 Å². The molecule has 7 nitrogen and oxygen atoms in total. The van der Waals surface area contributed by atoms with Gasteiger partial charge in [0, 0.05) is 44.6 Å². The number of aromatic nitrogens is 3. The molecule has 0 aromatic carbocycles. The van der Waals surface area contributed by atoms with Gasteiger partial charge in [-0.1, -0.05) is 6.07 Å². The molecule has 2 aromatic heterocycles. The fourth-order valence-corrected chi connectivity index (χ4v) is 3.22. The molecule has 0 unspecified atom stereocenters. The Kier molecular flexibility index (Phi) is 4.87. The maximum absolute atomic E-state index is 12.1. The highest BCUT2D eigenvalue weighted by molar-refractivity contribution is 5.18. The van der Waals surface area contributed by atoms with Crippen molar-refractivity contribution in [2.45, 2.75) is 31.8 Å². The number of piperidine rings is 1. The summed E-state index contributed by atoms with van der Waals surface area (Å²) in [6.07, 6.45) is 5.09. The van der Waals surface area contributed by atoms with E-state index in [1.807, 2.05) is 19.1 Å². The minimum Gasteiger partial charge on any atom is -0.383 e. The standard InChI is InChI=1S/C18H24N4O3/c1-13-3-4-15(19-11-13)18(25)6-9-22(10-7-18)8-5-14-12-20-17(24)21(2)16(14)23/h3-4,11-12,25H,5-10H2,1-2H3,(H,20,24). The average molecular weight is 344 g/mol. The van der Waals surface area contributed by atoms with Crippen molar-refractivity contribution in [1.29, 1.82) is 0 Å². The molecule has 0 saturated carbocycles. The smallest absolute Gasteiger partial charge is 0.328 e. The van der Waals surface area contributed by atoms with E-state index >= 15 is 0 Å². The first-order valence-corrected chi connectivity index (χ1v) is 8.54. The second-order valence-corrected chi connectivity index (χ2v) is 6.83. The van der Waals surface area contributed by atoms with Gasteiger partial charge in [-0.15, -0.1) is 0 Å². The summed E-state index contributed by atoms with van der Waals surface area (Å²) in [6.45, 7) is 4.19. The molecule has 1 aliphatic rings. The molecule has 1 saturated heterocycles. The maximum Gasteiger partial charge on any atom is 0.328 e. The first-order chi connectivity index (χ1) is 11.9. The lowest BCUT2D eigenvalue weighted by molar-refractivity contribution is -0.0290. The van der Waals surface area contributed by atoms with Gasteiger partial charge in [0.15, 0.2) is 0 Å². The Hall–Kier alpha value is -2.25. The number of aryl methyl sites for hydroxylation is 1. The molecule has 0 spiro atoms. The SMILES string of the molecule is Cc1ccc(C2(O)CCN(CCc3c[nH]c(=O)n(C)c3=O)CC2)nc1. The lowest BCUT2D eigenvalue weighted by Crippen LogP contribution is -2.44. The largest absolute Gasteiger partial charge is 0.383 e. The molecule has 1 aliphatic heterocycles. The summed E-state index contributed by atoms with van der Waals surface area (Å²) in [5, 5.41) is 10.9. The highest BCUT2D eigenvalue weighted by atomic mass is 16.3. The number of nitrogens with zero attached hydrogens (tertiary/aromatic N) is 3. The van der Waals surface area contributed by atoms with E-state index in [-0.39, 0.29) is 5.56 Å². The van der Waals surface area contributed by atoms with Gasteiger partial charge in [-0.25, -0.2) is 4.79 Å². The van der Waals surface area contributed by atoms with Crippen molar-refractivity contribution >= 4 is 0 Å². The van der Waals surface area contributed by atoms with Crippen molar-refractivity contribution < 1.29 is 5.11 Å². The van der Waals surface area contributed by atoms with E-state index in [2.05, 4.69) is 14.9 Å². The number of likely N-dealkylation sites (tertiary alicyclic amines) is 1. The minimum absolute atomic E-state index is 0.249. The fourth-order valence-electron chi connectivity index (χ4n) is 3.22. The third-order valence-electron chi connectivity index (χ3n) is 5.02. The van der Waals surface area contributed by atoms with Crippen LogP contribution in [0.5, 0.6) is 0 Å². The fraction of sp³-hybridized carbons (Fsp3) is 0.500. The quantitative estimate of drug-likeness (QED) is 0.833. The summed E-state index contributed by atoms with van der Waals surface area (Å²) in [6, 6.07) is 3.87. The molecule has 134 valence electrons. The Morgan fingerprint density at radius 3 is 2.64 bits per heavy atom. The third-order valence-corrected chi connectivity index (χ3v) is 5.02. The maximum atomic E-state index is 12.1. The zero-order chi connectivity index (χ0) is 18.0. The Bertz CT molecular complexity index is 846. The average Bonchev–Trinajstić information content (AvgIpc) is 2.61. The van der Waals surface area contributed by atoms with Crippen molar-refractivity contribution in [3.05, 3.63) is 62.2 Å². The van der Waals surface area contributed by atoms with E-state index in [0.717, 1.165) is 35.5 Å². The highest BCUT2D eigenvalue weighted by Gasteiger charge is 2.34. The van der Waals surface area contributed by atoms with Crippen LogP contribution in [-0.4, -0.2) is 44.2 Å². The van der Waals surface area contributed by atoms with Crippen LogP contribution in [0.15, 0.2) is 34.1 Å². The topological polar surface area (TPSA) is 91.2 Å². The van der Waals surface area contributed by atoms with Gasteiger partial charge in [0.1, 0.15) is 5.60 Å². The van der Waals surface area contributed by atoms with Crippen LogP contribution in [0.25, 0.3) is 0 Å². The second-order valence-electron chi connectivity index (χ2n) is 6.83. The third kappa shape index (κ3) is 3.72. The monoisotopic (exact) mass is 344 g/mol. The summed E-state index contributed by atoms with van der Waals surface area (Å²) in [4.78, 5) is 32.6. The van der Waals surface area contributed by atoms with Crippen molar-refractivity contribution in [1.82, 2.24) is 19.4 Å². The first kappa shape index (κ1) is 17.6. The van der Waals surface area contributed by atoms with E-state index < -0.39 is 11.3 Å². The van der Waals surface area contributed by atoms with Gasteiger partial charge in [0.2, 0.25) is 0 Å². The van der Waals surface area contributed by atoms with E-state index in [9.17, 15) is 14.7 Å². The summed E-state index contributed by atoms with van der Waals surface area (Å²) in [7, 11) is 1.47. The van der Waals surface area contributed by atoms with Crippen LogP contribution in [-0.2, 0) is 19.1 Å². The molecule has 7 heteroatoms. The zero-order valence-corrected chi connectivity index (χ0v) is 14.7. The highest BCUT2D eigenvalue weighted by Crippen LogP contribution is 2.31. The van der Waals surface area contributed by atoms with Crippen LogP contribution in [0.1, 0.15) is 29.7 Å². The van der Waals surface area contributed by atoms with E-state index in [0.29, 0.717) is 24.8 Å². The minimum atomic E-state index is -0.877. The van der Waals surface area contributed by atoms with E-state index in [4.69, 9.17) is 0 Å². The predicted octanol–water partition coefficient (Wildman–Crippen LogP) is 0.303. The molecule has 2 N–H and O–H groups in total. The number of nitrogens with one attached hydrogen (secondary N) is 1. The predicted molar refractivity (Wildman–Crippen MR) is 94.6 cm³/mol. The number of aromatic amines is 1. The molecule has 2 aromatic rings. The summed E-state index contributed by atoms with van der Waals surface area (Å²) in [5.74, 6) is 0. The number of hydrogen-bond acceptors (Lipinski definition) is 5. The Morgan fingerprint density at radius 2 is 2.00 bits per heavy atom. The zero-order valence-electron chi connectivity index (χ0n) is 14.7. The van der Waals surface area contributed by atoms with Gasteiger partial charge in [-0.2, -0.15) is 0 Å². The Labute approximate surface area is 146 Å². The summed E-state index contributed by atoms with van der Waals surface area (Å²) < 4.78 is 1.09. The lowest BCUT2D eigenvalue weighted by atomic mass is 9.87. The number of aliphatic hydroxyl groups is 1. The molecular formula is C18H24N4O3. The molecule has 0 bridgehead atoms. The number of H-pyrrole nitrogens is 1. The van der Waals surface area contributed by atoms with Crippen molar-refractivity contribution in [2.75, 3.05) is 19.6 Å². The van der Waals surface area contributed by atoms with Crippen LogP contribution in [0.4, 0.5) is 0 Å². The van der Waals surface area contributed by atoms with Gasteiger partial charge >= 0.3 is 5.69 Å². The van der Waals surface area contributed by atoms with Crippen molar-refractivity contribution in [3.8, 4) is 0 Å². The Balaban J connectivity index is 1.60. The Morgan fingerprint density at radius 1 is 1.28 bits per heavy atom. The second kappa shape index (κ2) is 6.93. The van der Waals surface area contributed by atoms with Crippen molar-refractivity contribution in [3.63, 3.8) is 0 Å². The molecule has 0 aliphatic carbocycles. The van der Waals surface area contributed by atoms with E-state index in [1.54, 1.807) is 6.20 Å². The molecule has 1 fully saturated rings.